The van der Waals surface area contributed by atoms with Gasteiger partial charge in [0.1, 0.15) is 5.82 Å². The second-order valence-electron chi connectivity index (χ2n) is 4.94. The van der Waals surface area contributed by atoms with Crippen LogP contribution >= 0.6 is 15.9 Å². The van der Waals surface area contributed by atoms with Crippen molar-refractivity contribution in [2.24, 2.45) is 0 Å². The molecule has 1 aromatic heterocycles. The van der Waals surface area contributed by atoms with Crippen LogP contribution in [-0.4, -0.2) is 15.7 Å². The molecule has 1 N–H and O–H groups in total. The summed E-state index contributed by atoms with van der Waals surface area (Å²) in [5.41, 5.74) is 1.51. The van der Waals surface area contributed by atoms with Crippen LogP contribution in [0.4, 0.5) is 10.1 Å². The summed E-state index contributed by atoms with van der Waals surface area (Å²) in [5, 5.41) is 6.92. The normalized spacial score (nSPS) is 10.5. The zero-order valence-electron chi connectivity index (χ0n) is 12.0. The van der Waals surface area contributed by atoms with Crippen LogP contribution in [0, 0.1) is 5.82 Å². The number of nitrogens with one attached hydrogen (secondary N) is 1. The van der Waals surface area contributed by atoms with Gasteiger partial charge in [-0.2, -0.15) is 5.10 Å². The van der Waals surface area contributed by atoms with Crippen LogP contribution in [0.2, 0.25) is 0 Å². The van der Waals surface area contributed by atoms with Gasteiger partial charge in [-0.05, 0) is 35.9 Å². The average Bonchev–Trinajstić information content (AvgIpc) is 3.04. The maximum absolute atomic E-state index is 13.8. The van der Waals surface area contributed by atoms with Crippen molar-refractivity contribution in [3.63, 3.8) is 0 Å². The lowest BCUT2D eigenvalue weighted by Gasteiger charge is -2.12. The Labute approximate surface area is 141 Å². The Morgan fingerprint density at radius 1 is 1.22 bits per heavy atom. The predicted octanol–water partition coefficient (Wildman–Crippen LogP) is 4.09. The summed E-state index contributed by atoms with van der Waals surface area (Å²) in [6.07, 6.45) is 3.53. The molecule has 6 heteroatoms. The van der Waals surface area contributed by atoms with E-state index in [1.807, 2.05) is 30.5 Å². The van der Waals surface area contributed by atoms with E-state index in [0.717, 1.165) is 5.56 Å². The zero-order chi connectivity index (χ0) is 16.2. The molecule has 4 nitrogen and oxygen atoms in total. The Balaban J connectivity index is 1.85. The van der Waals surface area contributed by atoms with Gasteiger partial charge >= 0.3 is 0 Å². The third-order valence-electron chi connectivity index (χ3n) is 3.33. The Hall–Kier alpha value is -2.47. The van der Waals surface area contributed by atoms with E-state index in [1.54, 1.807) is 23.0 Å². The lowest BCUT2D eigenvalue weighted by atomic mass is 10.1. The third kappa shape index (κ3) is 3.65. The van der Waals surface area contributed by atoms with Gasteiger partial charge in [0.05, 0.1) is 12.1 Å². The number of para-hydroxylation sites is 1. The molecule has 0 atom stereocenters. The van der Waals surface area contributed by atoms with Crippen molar-refractivity contribution in [1.82, 2.24) is 9.78 Å². The smallest absolute Gasteiger partial charge is 0.258 e. The minimum Gasteiger partial charge on any atom is -0.322 e. The number of hydrogen-bond acceptors (Lipinski definition) is 2. The van der Waals surface area contributed by atoms with Crippen LogP contribution in [0.3, 0.4) is 0 Å². The van der Waals surface area contributed by atoms with E-state index in [9.17, 15) is 9.18 Å². The lowest BCUT2D eigenvalue weighted by molar-refractivity contribution is 0.102. The van der Waals surface area contributed by atoms with Gasteiger partial charge in [-0.1, -0.05) is 34.1 Å². The summed E-state index contributed by atoms with van der Waals surface area (Å²) < 4.78 is 16.2. The van der Waals surface area contributed by atoms with Crippen molar-refractivity contribution in [2.75, 3.05) is 5.32 Å². The summed E-state index contributed by atoms with van der Waals surface area (Å²) in [4.78, 5) is 12.3. The summed E-state index contributed by atoms with van der Waals surface area (Å²) in [6, 6.07) is 13.5. The van der Waals surface area contributed by atoms with Gasteiger partial charge in [0.15, 0.2) is 0 Å². The van der Waals surface area contributed by atoms with Crippen LogP contribution < -0.4 is 5.32 Å². The molecule has 0 saturated carbocycles. The van der Waals surface area contributed by atoms with Crippen molar-refractivity contribution < 1.29 is 9.18 Å². The molecule has 1 amide bonds. The van der Waals surface area contributed by atoms with Crippen LogP contribution in [0.15, 0.2) is 65.4 Å². The van der Waals surface area contributed by atoms with Crippen LogP contribution in [0.1, 0.15) is 15.9 Å². The van der Waals surface area contributed by atoms with E-state index >= 15 is 0 Å². The number of amides is 1. The van der Waals surface area contributed by atoms with E-state index in [-0.39, 0.29) is 5.56 Å². The molecule has 0 spiro atoms. The molecule has 0 aliphatic heterocycles. The molecular weight excluding hydrogens is 361 g/mol. The van der Waals surface area contributed by atoms with E-state index in [4.69, 9.17) is 0 Å². The van der Waals surface area contributed by atoms with Crippen LogP contribution in [0.5, 0.6) is 0 Å². The fraction of sp³-hybridized carbons (Fsp3) is 0.0588. The molecule has 0 aliphatic rings. The lowest BCUT2D eigenvalue weighted by Crippen LogP contribution is -2.15. The number of hydrogen-bond donors (Lipinski definition) is 1. The average molecular weight is 374 g/mol. The fourth-order valence-electron chi connectivity index (χ4n) is 2.21. The third-order valence-corrected chi connectivity index (χ3v) is 3.82. The number of anilines is 1. The molecule has 3 rings (SSSR count). The zero-order valence-corrected chi connectivity index (χ0v) is 13.6. The van der Waals surface area contributed by atoms with Gasteiger partial charge in [-0.25, -0.2) is 4.39 Å². The van der Waals surface area contributed by atoms with Gasteiger partial charge in [0.25, 0.3) is 5.91 Å². The van der Waals surface area contributed by atoms with Crippen LogP contribution in [-0.2, 0) is 6.54 Å². The molecule has 0 radical (unpaired) electrons. The predicted molar refractivity (Wildman–Crippen MR) is 89.8 cm³/mol. The summed E-state index contributed by atoms with van der Waals surface area (Å²) in [7, 11) is 0. The van der Waals surface area contributed by atoms with Gasteiger partial charge in [-0.3, -0.25) is 9.48 Å². The largest absolute Gasteiger partial charge is 0.322 e. The van der Waals surface area contributed by atoms with Crippen molar-refractivity contribution >= 4 is 27.5 Å². The topological polar surface area (TPSA) is 46.9 Å². The molecular formula is C17H13BrFN3O. The summed E-state index contributed by atoms with van der Waals surface area (Å²) >= 11 is 3.25. The molecule has 0 aliphatic carbocycles. The number of carbonyl (C=O) groups excluding carboxylic acids is 1. The second kappa shape index (κ2) is 6.75. The first-order chi connectivity index (χ1) is 11.1. The number of rotatable bonds is 4. The van der Waals surface area contributed by atoms with Crippen molar-refractivity contribution in [2.45, 2.75) is 6.54 Å². The van der Waals surface area contributed by atoms with Crippen molar-refractivity contribution in [3.05, 3.63) is 82.3 Å². The molecule has 116 valence electrons. The monoisotopic (exact) mass is 373 g/mol. The summed E-state index contributed by atoms with van der Waals surface area (Å²) in [6.45, 7) is 0.518. The molecule has 0 saturated heterocycles. The van der Waals surface area contributed by atoms with Crippen LogP contribution in [0.25, 0.3) is 0 Å². The highest BCUT2D eigenvalue weighted by molar-refractivity contribution is 9.10. The highest BCUT2D eigenvalue weighted by Crippen LogP contribution is 2.20. The SMILES string of the molecule is O=C(Nc1ccccc1Cn1cccn1)c1cc(Br)ccc1F. The van der Waals surface area contributed by atoms with Crippen molar-refractivity contribution in [1.29, 1.82) is 0 Å². The maximum Gasteiger partial charge on any atom is 0.258 e. The standard InChI is InChI=1S/C17H13BrFN3O/c18-13-6-7-15(19)14(10-13)17(23)21-16-5-2-1-4-12(16)11-22-9-3-8-20-22/h1-10H,11H2,(H,21,23). The Morgan fingerprint density at radius 2 is 2.04 bits per heavy atom. The Kier molecular flexibility index (Phi) is 4.52. The van der Waals surface area contributed by atoms with E-state index in [1.165, 1.54) is 12.1 Å². The Bertz CT molecular complexity index is 834. The molecule has 0 unspecified atom stereocenters. The minimum atomic E-state index is -0.560. The first-order valence-electron chi connectivity index (χ1n) is 6.95. The summed E-state index contributed by atoms with van der Waals surface area (Å²) in [5.74, 6) is -1.05. The van der Waals surface area contributed by atoms with Gasteiger partial charge in [0, 0.05) is 22.6 Å². The number of halogens is 2. The van der Waals surface area contributed by atoms with Gasteiger partial charge in [-0.15, -0.1) is 0 Å². The number of aromatic nitrogens is 2. The first kappa shape index (κ1) is 15.4. The highest BCUT2D eigenvalue weighted by atomic mass is 79.9. The quantitative estimate of drug-likeness (QED) is 0.748. The molecule has 1 heterocycles. The maximum atomic E-state index is 13.8. The van der Waals surface area contributed by atoms with Crippen molar-refractivity contribution in [3.8, 4) is 0 Å². The highest BCUT2D eigenvalue weighted by Gasteiger charge is 2.14. The number of benzene rings is 2. The van der Waals surface area contributed by atoms with E-state index in [2.05, 4.69) is 26.3 Å². The van der Waals surface area contributed by atoms with E-state index < -0.39 is 11.7 Å². The molecule has 23 heavy (non-hydrogen) atoms. The fourth-order valence-corrected chi connectivity index (χ4v) is 2.57. The molecule has 0 fully saturated rings. The molecule has 3 aromatic rings. The van der Waals surface area contributed by atoms with Gasteiger partial charge < -0.3 is 5.32 Å². The van der Waals surface area contributed by atoms with Gasteiger partial charge in [0.2, 0.25) is 0 Å². The Morgan fingerprint density at radius 3 is 2.83 bits per heavy atom. The number of carbonyl (C=O) groups is 1. The minimum absolute atomic E-state index is 0.00623. The number of nitrogens with zero attached hydrogens (tertiary/aromatic N) is 2. The molecule has 0 bridgehead atoms. The molecule has 2 aromatic carbocycles. The first-order valence-corrected chi connectivity index (χ1v) is 7.74. The second-order valence-corrected chi connectivity index (χ2v) is 5.85. The van der Waals surface area contributed by atoms with E-state index in [0.29, 0.717) is 16.7 Å².